The number of hydrogen-bond acceptors (Lipinski definition) is 6. The average Bonchev–Trinajstić information content (AvgIpc) is 3.21. The highest BCUT2D eigenvalue weighted by molar-refractivity contribution is 7.99. The minimum atomic E-state index is -0.164. The van der Waals surface area contributed by atoms with Crippen molar-refractivity contribution in [1.29, 1.82) is 0 Å². The predicted octanol–water partition coefficient (Wildman–Crippen LogP) is 4.63. The van der Waals surface area contributed by atoms with E-state index in [1.54, 1.807) is 19.2 Å². The van der Waals surface area contributed by atoms with Crippen molar-refractivity contribution in [3.63, 3.8) is 0 Å². The number of hydrogen-bond donors (Lipinski definition) is 1. The molecule has 1 N–H and O–H groups in total. The Hall–Kier alpha value is -3.32. The quantitative estimate of drug-likeness (QED) is 0.483. The van der Waals surface area contributed by atoms with Crippen molar-refractivity contribution in [3.8, 4) is 17.2 Å². The molecule has 4 rings (SSSR count). The van der Waals surface area contributed by atoms with Gasteiger partial charge in [-0.25, -0.2) is 0 Å². The van der Waals surface area contributed by atoms with E-state index in [4.69, 9.17) is 9.15 Å². The molecule has 1 aromatic heterocycles. The Bertz CT molecular complexity index is 1120. The van der Waals surface area contributed by atoms with E-state index >= 15 is 0 Å². The number of aromatic nitrogens is 2. The van der Waals surface area contributed by atoms with Gasteiger partial charge in [0.05, 0.1) is 12.9 Å². The molecule has 0 saturated heterocycles. The van der Waals surface area contributed by atoms with E-state index in [-0.39, 0.29) is 11.7 Å². The fraction of sp³-hybridized carbons (Fsp3) is 0.0952. The number of fused-ring (bicyclic) bond motifs is 1. The number of ether oxygens (including phenoxy) is 1. The van der Waals surface area contributed by atoms with Gasteiger partial charge >= 0.3 is 0 Å². The smallest absolute Gasteiger partial charge is 0.277 e. The summed E-state index contributed by atoms with van der Waals surface area (Å²) in [7, 11) is 1.58. The predicted molar refractivity (Wildman–Crippen MR) is 110 cm³/mol. The van der Waals surface area contributed by atoms with Gasteiger partial charge in [0.25, 0.3) is 5.22 Å². The zero-order valence-corrected chi connectivity index (χ0v) is 15.9. The molecule has 0 fully saturated rings. The van der Waals surface area contributed by atoms with Crippen LogP contribution in [0, 0.1) is 0 Å². The van der Waals surface area contributed by atoms with Gasteiger partial charge in [-0.15, -0.1) is 10.2 Å². The highest BCUT2D eigenvalue weighted by Crippen LogP contribution is 2.29. The number of nitrogens with zero attached hydrogens (tertiary/aromatic N) is 2. The SMILES string of the molecule is COc1cccc(NC(=O)CSc2nnc(-c3cccc4ccccc34)o2)c1. The number of benzene rings is 3. The molecule has 0 spiro atoms. The summed E-state index contributed by atoms with van der Waals surface area (Å²) in [5.74, 6) is 1.12. The van der Waals surface area contributed by atoms with Crippen molar-refractivity contribution in [2.45, 2.75) is 5.22 Å². The molecule has 0 aliphatic heterocycles. The van der Waals surface area contributed by atoms with Gasteiger partial charge in [-0.2, -0.15) is 0 Å². The lowest BCUT2D eigenvalue weighted by atomic mass is 10.0. The number of thioether (sulfide) groups is 1. The standard InChI is InChI=1S/C21H17N3O3S/c1-26-16-9-5-8-15(12-16)22-19(25)13-28-21-24-23-20(27-21)18-11-4-7-14-6-2-3-10-17(14)18/h2-12H,13H2,1H3,(H,22,25). The van der Waals surface area contributed by atoms with E-state index in [0.29, 0.717) is 22.6 Å². The zero-order chi connectivity index (χ0) is 19.3. The van der Waals surface area contributed by atoms with Crippen molar-refractivity contribution in [2.75, 3.05) is 18.2 Å². The molecule has 0 bridgehead atoms. The molecule has 28 heavy (non-hydrogen) atoms. The molecule has 0 unspecified atom stereocenters. The Balaban J connectivity index is 1.43. The van der Waals surface area contributed by atoms with E-state index in [0.717, 1.165) is 16.3 Å². The van der Waals surface area contributed by atoms with Crippen molar-refractivity contribution in [1.82, 2.24) is 10.2 Å². The maximum atomic E-state index is 12.2. The van der Waals surface area contributed by atoms with Crippen molar-refractivity contribution < 1.29 is 13.9 Å². The third-order valence-electron chi connectivity index (χ3n) is 4.11. The van der Waals surface area contributed by atoms with Gasteiger partial charge in [0.2, 0.25) is 11.8 Å². The van der Waals surface area contributed by atoms with Crippen LogP contribution in [0.25, 0.3) is 22.2 Å². The third kappa shape index (κ3) is 3.99. The van der Waals surface area contributed by atoms with E-state index in [2.05, 4.69) is 15.5 Å². The summed E-state index contributed by atoms with van der Waals surface area (Å²) in [5.41, 5.74) is 1.55. The van der Waals surface area contributed by atoms with Gasteiger partial charge < -0.3 is 14.5 Å². The van der Waals surface area contributed by atoms with E-state index in [1.807, 2.05) is 54.6 Å². The summed E-state index contributed by atoms with van der Waals surface area (Å²) >= 11 is 1.20. The van der Waals surface area contributed by atoms with Crippen LogP contribution in [-0.2, 0) is 4.79 Å². The average molecular weight is 391 g/mol. The molecule has 0 aliphatic rings. The van der Waals surface area contributed by atoms with Gasteiger partial charge in [0.1, 0.15) is 5.75 Å². The Morgan fingerprint density at radius 2 is 1.89 bits per heavy atom. The Kier molecular flexibility index (Phi) is 5.25. The van der Waals surface area contributed by atoms with Crippen LogP contribution in [0.4, 0.5) is 5.69 Å². The summed E-state index contributed by atoms with van der Waals surface area (Å²) in [6.07, 6.45) is 0. The molecule has 0 saturated carbocycles. The number of carbonyl (C=O) groups is 1. The van der Waals surface area contributed by atoms with Crippen LogP contribution in [0.3, 0.4) is 0 Å². The monoisotopic (exact) mass is 391 g/mol. The number of methoxy groups -OCH3 is 1. The molecular weight excluding hydrogens is 374 g/mol. The lowest BCUT2D eigenvalue weighted by Crippen LogP contribution is -2.13. The van der Waals surface area contributed by atoms with Gasteiger partial charge in [-0.1, -0.05) is 54.2 Å². The highest BCUT2D eigenvalue weighted by atomic mass is 32.2. The molecule has 4 aromatic rings. The van der Waals surface area contributed by atoms with Gasteiger partial charge in [0, 0.05) is 17.3 Å². The number of carbonyl (C=O) groups excluding carboxylic acids is 1. The third-order valence-corrected chi connectivity index (χ3v) is 4.93. The molecule has 6 nitrogen and oxygen atoms in total. The molecule has 0 aliphatic carbocycles. The fourth-order valence-corrected chi connectivity index (χ4v) is 3.38. The first-order valence-electron chi connectivity index (χ1n) is 8.61. The van der Waals surface area contributed by atoms with Crippen molar-refractivity contribution in [2.24, 2.45) is 0 Å². The maximum Gasteiger partial charge on any atom is 0.277 e. The summed E-state index contributed by atoms with van der Waals surface area (Å²) in [4.78, 5) is 12.2. The van der Waals surface area contributed by atoms with Gasteiger partial charge in [0.15, 0.2) is 0 Å². The molecule has 3 aromatic carbocycles. The largest absolute Gasteiger partial charge is 0.497 e. The molecule has 1 heterocycles. The summed E-state index contributed by atoms with van der Waals surface area (Å²) in [5, 5.41) is 13.5. The summed E-state index contributed by atoms with van der Waals surface area (Å²) in [6, 6.07) is 21.1. The first-order chi connectivity index (χ1) is 13.7. The van der Waals surface area contributed by atoms with Gasteiger partial charge in [-0.05, 0) is 29.0 Å². The van der Waals surface area contributed by atoms with Crippen LogP contribution in [0.5, 0.6) is 5.75 Å². The lowest BCUT2D eigenvalue weighted by molar-refractivity contribution is -0.113. The topological polar surface area (TPSA) is 77.2 Å². The lowest BCUT2D eigenvalue weighted by Gasteiger charge is -2.06. The Morgan fingerprint density at radius 3 is 2.79 bits per heavy atom. The van der Waals surface area contributed by atoms with Crippen molar-refractivity contribution in [3.05, 3.63) is 66.7 Å². The summed E-state index contributed by atoms with van der Waals surface area (Å²) in [6.45, 7) is 0. The molecule has 140 valence electrons. The van der Waals surface area contributed by atoms with Crippen LogP contribution in [-0.4, -0.2) is 29.0 Å². The first kappa shape index (κ1) is 18.1. The van der Waals surface area contributed by atoms with E-state index < -0.39 is 0 Å². The second-order valence-electron chi connectivity index (χ2n) is 5.97. The first-order valence-corrected chi connectivity index (χ1v) is 9.60. The zero-order valence-electron chi connectivity index (χ0n) is 15.1. The van der Waals surface area contributed by atoms with Crippen LogP contribution < -0.4 is 10.1 Å². The fourth-order valence-electron chi connectivity index (χ4n) is 2.81. The maximum absolute atomic E-state index is 12.2. The Labute approximate surface area is 165 Å². The molecule has 0 atom stereocenters. The van der Waals surface area contributed by atoms with Crippen LogP contribution >= 0.6 is 11.8 Å². The normalized spacial score (nSPS) is 10.8. The number of nitrogens with one attached hydrogen (secondary N) is 1. The van der Waals surface area contributed by atoms with Crippen molar-refractivity contribution >= 4 is 34.1 Å². The van der Waals surface area contributed by atoms with Crippen LogP contribution in [0.15, 0.2) is 76.4 Å². The number of amides is 1. The number of anilines is 1. The second-order valence-corrected chi connectivity index (χ2v) is 6.90. The van der Waals surface area contributed by atoms with E-state index in [9.17, 15) is 4.79 Å². The highest BCUT2D eigenvalue weighted by Gasteiger charge is 2.13. The number of rotatable bonds is 6. The second kappa shape index (κ2) is 8.14. The molecule has 1 amide bonds. The summed E-state index contributed by atoms with van der Waals surface area (Å²) < 4.78 is 10.9. The Morgan fingerprint density at radius 1 is 1.07 bits per heavy atom. The minimum Gasteiger partial charge on any atom is -0.497 e. The molecule has 0 radical (unpaired) electrons. The molecule has 7 heteroatoms. The minimum absolute atomic E-state index is 0.161. The van der Waals surface area contributed by atoms with E-state index in [1.165, 1.54) is 11.8 Å². The van der Waals surface area contributed by atoms with Crippen LogP contribution in [0.1, 0.15) is 0 Å². The van der Waals surface area contributed by atoms with Gasteiger partial charge in [-0.3, -0.25) is 4.79 Å². The van der Waals surface area contributed by atoms with Crippen LogP contribution in [0.2, 0.25) is 0 Å². The molecular formula is C21H17N3O3S.